The van der Waals surface area contributed by atoms with Crippen molar-refractivity contribution in [2.24, 2.45) is 5.92 Å². The molecule has 2 aliphatic heterocycles. The van der Waals surface area contributed by atoms with Crippen molar-refractivity contribution in [3.8, 4) is 0 Å². The molecule has 2 N–H and O–H groups in total. The Morgan fingerprint density at radius 1 is 1.47 bits per heavy atom. The molecule has 2 rings (SSSR count). The molecule has 2 fully saturated rings. The first-order valence-electron chi connectivity index (χ1n) is 6.41. The van der Waals surface area contributed by atoms with E-state index in [0.29, 0.717) is 0 Å². The van der Waals surface area contributed by atoms with E-state index in [2.05, 4.69) is 10.6 Å². The lowest BCUT2D eigenvalue weighted by molar-refractivity contribution is -0.134. The van der Waals surface area contributed by atoms with Crippen molar-refractivity contribution >= 4 is 11.8 Å². The lowest BCUT2D eigenvalue weighted by Crippen LogP contribution is -2.45. The van der Waals surface area contributed by atoms with Crippen LogP contribution >= 0.6 is 0 Å². The molecule has 2 unspecified atom stereocenters. The highest BCUT2D eigenvalue weighted by atomic mass is 16.2. The van der Waals surface area contributed by atoms with Crippen LogP contribution in [-0.4, -0.2) is 48.4 Å². The van der Waals surface area contributed by atoms with Crippen LogP contribution in [0.15, 0.2) is 0 Å². The Balaban J connectivity index is 1.87. The summed E-state index contributed by atoms with van der Waals surface area (Å²) < 4.78 is 0. The summed E-state index contributed by atoms with van der Waals surface area (Å²) in [5.41, 5.74) is 0. The standard InChI is InChI=1S/C12H21N3O2/c1-8(2)15-6-4-10(12(15)17)14-11(16)9-3-5-13-7-9/h8-10,13H,3-7H2,1-2H3,(H,14,16). The fraction of sp³-hybridized carbons (Fsp3) is 0.833. The van der Waals surface area contributed by atoms with E-state index in [1.54, 1.807) is 0 Å². The molecule has 0 saturated carbocycles. The number of likely N-dealkylation sites (tertiary alicyclic amines) is 1. The third-order valence-electron chi connectivity index (χ3n) is 3.61. The molecule has 0 spiro atoms. The van der Waals surface area contributed by atoms with Crippen molar-refractivity contribution < 1.29 is 9.59 Å². The number of carbonyl (C=O) groups is 2. The summed E-state index contributed by atoms with van der Waals surface area (Å²) in [4.78, 5) is 25.7. The van der Waals surface area contributed by atoms with Crippen LogP contribution in [0.5, 0.6) is 0 Å². The van der Waals surface area contributed by atoms with Crippen LogP contribution in [0.3, 0.4) is 0 Å². The molecular weight excluding hydrogens is 218 g/mol. The number of nitrogens with one attached hydrogen (secondary N) is 2. The molecule has 5 heteroatoms. The second-order valence-electron chi connectivity index (χ2n) is 5.16. The first-order valence-corrected chi connectivity index (χ1v) is 6.41. The first kappa shape index (κ1) is 12.4. The Morgan fingerprint density at radius 2 is 2.24 bits per heavy atom. The minimum Gasteiger partial charge on any atom is -0.344 e. The lowest BCUT2D eigenvalue weighted by Gasteiger charge is -2.21. The van der Waals surface area contributed by atoms with Gasteiger partial charge in [0, 0.05) is 19.1 Å². The minimum atomic E-state index is -0.300. The highest BCUT2D eigenvalue weighted by Gasteiger charge is 2.35. The van der Waals surface area contributed by atoms with Gasteiger partial charge in [-0.05, 0) is 33.2 Å². The number of nitrogens with zero attached hydrogens (tertiary/aromatic N) is 1. The van der Waals surface area contributed by atoms with Gasteiger partial charge in [-0.3, -0.25) is 9.59 Å². The molecule has 0 radical (unpaired) electrons. The maximum absolute atomic E-state index is 12.0. The summed E-state index contributed by atoms with van der Waals surface area (Å²) in [6.07, 6.45) is 1.61. The fourth-order valence-electron chi connectivity index (χ4n) is 2.52. The second-order valence-corrected chi connectivity index (χ2v) is 5.16. The van der Waals surface area contributed by atoms with Crippen LogP contribution in [0.25, 0.3) is 0 Å². The van der Waals surface area contributed by atoms with Gasteiger partial charge in [0.25, 0.3) is 0 Å². The van der Waals surface area contributed by atoms with Gasteiger partial charge < -0.3 is 15.5 Å². The molecule has 2 amide bonds. The van der Waals surface area contributed by atoms with Gasteiger partial charge >= 0.3 is 0 Å². The van der Waals surface area contributed by atoms with E-state index in [-0.39, 0.29) is 29.8 Å². The summed E-state index contributed by atoms with van der Waals surface area (Å²) >= 11 is 0. The van der Waals surface area contributed by atoms with Crippen molar-refractivity contribution in [3.63, 3.8) is 0 Å². The minimum absolute atomic E-state index is 0.0268. The Bertz CT molecular complexity index is 311. The smallest absolute Gasteiger partial charge is 0.245 e. The van der Waals surface area contributed by atoms with E-state index in [9.17, 15) is 9.59 Å². The first-order chi connectivity index (χ1) is 8.09. The number of amides is 2. The summed E-state index contributed by atoms with van der Waals surface area (Å²) in [7, 11) is 0. The normalized spacial score (nSPS) is 29.1. The number of rotatable bonds is 3. The van der Waals surface area contributed by atoms with Gasteiger partial charge in [0.15, 0.2) is 0 Å². The average molecular weight is 239 g/mol. The molecule has 2 aliphatic rings. The van der Waals surface area contributed by atoms with Gasteiger partial charge in [-0.25, -0.2) is 0 Å². The summed E-state index contributed by atoms with van der Waals surface area (Å²) in [6, 6.07) is -0.0805. The van der Waals surface area contributed by atoms with E-state index in [0.717, 1.165) is 32.5 Å². The van der Waals surface area contributed by atoms with E-state index in [1.807, 2.05) is 18.7 Å². The second kappa shape index (κ2) is 5.04. The summed E-state index contributed by atoms with van der Waals surface area (Å²) in [5.74, 6) is 0.133. The zero-order valence-electron chi connectivity index (χ0n) is 10.5. The molecular formula is C12H21N3O2. The quantitative estimate of drug-likeness (QED) is 0.712. The maximum atomic E-state index is 12.0. The van der Waals surface area contributed by atoms with Crippen LogP contribution in [0, 0.1) is 5.92 Å². The Hall–Kier alpha value is -1.10. The Morgan fingerprint density at radius 3 is 2.76 bits per heavy atom. The molecule has 5 nitrogen and oxygen atoms in total. The van der Waals surface area contributed by atoms with Crippen LogP contribution in [0.1, 0.15) is 26.7 Å². The molecule has 0 aromatic carbocycles. The number of hydrogen-bond donors (Lipinski definition) is 2. The third-order valence-corrected chi connectivity index (χ3v) is 3.61. The van der Waals surface area contributed by atoms with Crippen molar-refractivity contribution in [3.05, 3.63) is 0 Å². The molecule has 0 aromatic rings. The lowest BCUT2D eigenvalue weighted by atomic mass is 10.1. The zero-order chi connectivity index (χ0) is 12.4. The fourth-order valence-corrected chi connectivity index (χ4v) is 2.52. The highest BCUT2D eigenvalue weighted by Crippen LogP contribution is 2.16. The van der Waals surface area contributed by atoms with E-state index in [1.165, 1.54) is 0 Å². The monoisotopic (exact) mass is 239 g/mol. The number of carbonyl (C=O) groups excluding carboxylic acids is 2. The van der Waals surface area contributed by atoms with Crippen LogP contribution in [-0.2, 0) is 9.59 Å². The van der Waals surface area contributed by atoms with Gasteiger partial charge in [0.2, 0.25) is 11.8 Å². The Labute approximate surface area is 102 Å². The van der Waals surface area contributed by atoms with Crippen LogP contribution < -0.4 is 10.6 Å². The number of hydrogen-bond acceptors (Lipinski definition) is 3. The molecule has 17 heavy (non-hydrogen) atoms. The summed E-state index contributed by atoms with van der Waals surface area (Å²) in [5, 5.41) is 6.05. The predicted molar refractivity (Wildman–Crippen MR) is 64.4 cm³/mol. The van der Waals surface area contributed by atoms with E-state index in [4.69, 9.17) is 0 Å². The van der Waals surface area contributed by atoms with Crippen molar-refractivity contribution in [1.82, 2.24) is 15.5 Å². The van der Waals surface area contributed by atoms with Crippen molar-refractivity contribution in [2.45, 2.75) is 38.8 Å². The average Bonchev–Trinajstić information content (AvgIpc) is 2.89. The topological polar surface area (TPSA) is 61.4 Å². The molecule has 96 valence electrons. The van der Waals surface area contributed by atoms with Crippen LogP contribution in [0.2, 0.25) is 0 Å². The molecule has 0 bridgehead atoms. The molecule has 2 saturated heterocycles. The van der Waals surface area contributed by atoms with E-state index >= 15 is 0 Å². The van der Waals surface area contributed by atoms with Gasteiger partial charge in [-0.2, -0.15) is 0 Å². The highest BCUT2D eigenvalue weighted by molar-refractivity contribution is 5.90. The van der Waals surface area contributed by atoms with Gasteiger partial charge in [-0.1, -0.05) is 0 Å². The SMILES string of the molecule is CC(C)N1CCC(NC(=O)C2CCNC2)C1=O. The van der Waals surface area contributed by atoms with Gasteiger partial charge in [0.05, 0.1) is 5.92 Å². The van der Waals surface area contributed by atoms with Gasteiger partial charge in [-0.15, -0.1) is 0 Å². The Kier molecular flexibility index (Phi) is 3.66. The molecule has 0 aromatic heterocycles. The van der Waals surface area contributed by atoms with Gasteiger partial charge in [0.1, 0.15) is 6.04 Å². The van der Waals surface area contributed by atoms with E-state index < -0.39 is 0 Å². The third kappa shape index (κ3) is 2.60. The van der Waals surface area contributed by atoms with Crippen LogP contribution in [0.4, 0.5) is 0 Å². The molecule has 2 atom stereocenters. The molecule has 2 heterocycles. The largest absolute Gasteiger partial charge is 0.344 e. The molecule has 0 aliphatic carbocycles. The van der Waals surface area contributed by atoms with Crippen molar-refractivity contribution in [2.75, 3.05) is 19.6 Å². The van der Waals surface area contributed by atoms with Crippen molar-refractivity contribution in [1.29, 1.82) is 0 Å². The maximum Gasteiger partial charge on any atom is 0.245 e. The zero-order valence-corrected chi connectivity index (χ0v) is 10.5. The predicted octanol–water partition coefficient (Wildman–Crippen LogP) is -0.279. The summed E-state index contributed by atoms with van der Waals surface area (Å²) in [6.45, 7) is 6.39.